The van der Waals surface area contributed by atoms with Gasteiger partial charge in [0.2, 0.25) is 11.8 Å². The molecule has 1 saturated heterocycles. The van der Waals surface area contributed by atoms with Gasteiger partial charge in [0, 0.05) is 101 Å². The number of nitrogens with zero attached hydrogens (tertiary/aromatic N) is 4. The monoisotopic (exact) mass is 1530 g/mol. The maximum absolute atomic E-state index is 11.0. The first kappa shape index (κ1) is 80.9. The largest absolute Gasteiger partial charge is 2.00 e. The van der Waals surface area contributed by atoms with E-state index in [1.165, 1.54) is 62.8 Å². The van der Waals surface area contributed by atoms with Crippen molar-refractivity contribution in [1.29, 1.82) is 0 Å². The molecule has 0 spiro atoms. The summed E-state index contributed by atoms with van der Waals surface area (Å²) in [5, 5.41) is 66.8. The number of carboxylic acids is 6. The van der Waals surface area contributed by atoms with E-state index in [1.807, 2.05) is 0 Å². The van der Waals surface area contributed by atoms with E-state index in [1.54, 1.807) is 0 Å². The van der Waals surface area contributed by atoms with Crippen LogP contribution in [0.4, 0.5) is 9.59 Å². The van der Waals surface area contributed by atoms with Crippen LogP contribution in [0.3, 0.4) is 0 Å². The van der Waals surface area contributed by atoms with Crippen molar-refractivity contribution in [2.75, 3.05) is 39.3 Å². The van der Waals surface area contributed by atoms with Crippen molar-refractivity contribution >= 4 is 95.3 Å². The number of likely N-dealkylation sites (tertiary alicyclic amines) is 1. The SMILES string of the molecule is O=C(O)C(=O)O.O=C(O)C(=O)O.O=C(O)CCCN1C(=O)C=CC1=O.O=C(O)CCCN1C(=O)C=CC1=O.O=C(O)NCCN1C(=O)C=CC1=O.O=C(O)NCCN1C(=O)CCC1=O.[CH2-][C@@H]1CCCCC1[NH-].[CH2-][C@@H]1CCCCC1[NH-].[Pt+2].[Pt+2]. The zero-order valence-corrected chi connectivity index (χ0v) is 48.4. The van der Waals surface area contributed by atoms with Gasteiger partial charge in [-0.05, 0) is 12.8 Å². The first-order chi connectivity index (χ1) is 37.3. The first-order valence-electron chi connectivity index (χ1n) is 24.2. The van der Waals surface area contributed by atoms with Crippen LogP contribution >= 0.6 is 0 Å². The van der Waals surface area contributed by atoms with Crippen molar-refractivity contribution < 1.29 is 160 Å². The molecule has 4 aliphatic heterocycles. The summed E-state index contributed by atoms with van der Waals surface area (Å²) in [6.45, 7) is 8.47. The minimum Gasteiger partial charge on any atom is -0.677 e. The second-order valence-corrected chi connectivity index (χ2v) is 16.9. The third-order valence-electron chi connectivity index (χ3n) is 10.8. The first-order valence-corrected chi connectivity index (χ1v) is 24.2. The Morgan fingerprint density at radius 1 is 0.427 bits per heavy atom. The van der Waals surface area contributed by atoms with Crippen LogP contribution in [0.5, 0.6) is 0 Å². The summed E-state index contributed by atoms with van der Waals surface area (Å²) in [4.78, 5) is 168. The smallest absolute Gasteiger partial charge is 0.677 e. The number of carbonyl (C=O) groups excluding carboxylic acids is 8. The third-order valence-corrected chi connectivity index (χ3v) is 10.8. The van der Waals surface area contributed by atoms with Gasteiger partial charge in [-0.15, -0.1) is 0 Å². The van der Waals surface area contributed by atoms with Crippen molar-refractivity contribution in [3.05, 3.63) is 61.8 Å². The van der Waals surface area contributed by atoms with Gasteiger partial charge in [0.25, 0.3) is 35.4 Å². The number of amides is 10. The van der Waals surface area contributed by atoms with Crippen LogP contribution in [0, 0.1) is 25.7 Å². The Labute approximate surface area is 497 Å². The maximum atomic E-state index is 11.0. The van der Waals surface area contributed by atoms with Gasteiger partial charge in [-0.1, -0.05) is 51.4 Å². The molecule has 12 N–H and O–H groups in total. The molecule has 2 unspecified atom stereocenters. The normalized spacial score (nSPS) is 18.8. The molecule has 34 heteroatoms. The number of nitrogens with one attached hydrogen (secondary N) is 4. The second-order valence-electron chi connectivity index (χ2n) is 16.9. The fourth-order valence-electron chi connectivity index (χ4n) is 6.57. The maximum Gasteiger partial charge on any atom is 2.00 e. The van der Waals surface area contributed by atoms with Crippen LogP contribution in [-0.4, -0.2) is 207 Å². The van der Waals surface area contributed by atoms with Crippen molar-refractivity contribution in [2.45, 2.75) is 102 Å². The fraction of sp³-hybridized carbons (Fsp3) is 0.500. The molecule has 0 aromatic heterocycles. The number of carboxylic acid groups (broad SMARTS) is 8. The average molecular weight is 1530 g/mol. The fourth-order valence-corrected chi connectivity index (χ4v) is 6.57. The van der Waals surface area contributed by atoms with E-state index in [4.69, 9.17) is 71.5 Å². The summed E-state index contributed by atoms with van der Waals surface area (Å²) in [5.41, 5.74) is 14.8. The van der Waals surface area contributed by atoms with E-state index >= 15 is 0 Å². The van der Waals surface area contributed by atoms with E-state index in [0.29, 0.717) is 24.7 Å². The van der Waals surface area contributed by atoms with Crippen molar-refractivity contribution in [2.24, 2.45) is 11.8 Å². The molecule has 0 aromatic rings. The number of aliphatic carboxylic acids is 6. The zero-order chi connectivity index (χ0) is 61.7. The van der Waals surface area contributed by atoms with E-state index in [0.717, 1.165) is 44.6 Å². The van der Waals surface area contributed by atoms with E-state index in [2.05, 4.69) is 24.5 Å². The predicted molar refractivity (Wildman–Crippen MR) is 271 cm³/mol. The Morgan fingerprint density at radius 2 is 0.671 bits per heavy atom. The summed E-state index contributed by atoms with van der Waals surface area (Å²) >= 11 is 0. The molecule has 2 aliphatic carbocycles. The number of hydrogen-bond acceptors (Lipinski definition) is 16. The van der Waals surface area contributed by atoms with Gasteiger partial charge in [-0.2, -0.15) is 23.9 Å². The second kappa shape index (κ2) is 45.1. The van der Waals surface area contributed by atoms with Gasteiger partial charge in [0.05, 0.1) is 0 Å². The standard InChI is InChI=1S/2C8H9NO4.C7H10N2O4.C7H8N2O4.2C7H13N.2C2H2O4.2Pt/c2*10-6-3-4-7(11)9(6)5-1-2-8(12)13;2*10-5-1-2-6(11)9(5)4-3-8-7(12)13;2*1-6-4-2-3-5-7(6)8;2*3-1(4)2(5)6;;/h2*3-4H,1-2,5H2,(H,12,13);8H,1-4H2,(H,12,13);1-2,8H,3-4H2,(H,12,13);2*6-8H,1-5H2;2*(H,3,4)(H,5,6);;/q;;;;2*-2;;;2*+2/t;;;;2*6-,7?;;;;/m....11..../s1. The van der Waals surface area contributed by atoms with Crippen LogP contribution in [0.2, 0.25) is 0 Å². The Kier molecular flexibility index (Phi) is 44.5. The van der Waals surface area contributed by atoms with Gasteiger partial charge in [-0.3, -0.25) is 67.5 Å². The Hall–Kier alpha value is -7.56. The van der Waals surface area contributed by atoms with Gasteiger partial charge in [-0.25, -0.2) is 28.8 Å². The minimum absolute atomic E-state index is 0. The molecule has 4 heterocycles. The molecular formula is C48H66N8O24Pt2. The average Bonchev–Trinajstić information content (AvgIpc) is 4.09. The quantitative estimate of drug-likeness (QED) is 0.0666. The Balaban J connectivity index is -0.000000430. The summed E-state index contributed by atoms with van der Waals surface area (Å²) in [5.74, 6) is -11.0. The molecule has 0 aromatic carbocycles. The molecule has 3 fully saturated rings. The molecule has 10 amide bonds. The summed E-state index contributed by atoms with van der Waals surface area (Å²) in [6, 6.07) is 0.285. The predicted octanol–water partition coefficient (Wildman–Crippen LogP) is 1.30. The molecule has 6 rings (SSSR count). The van der Waals surface area contributed by atoms with Crippen LogP contribution < -0.4 is 10.6 Å². The van der Waals surface area contributed by atoms with E-state index in [-0.39, 0.29) is 155 Å². The molecule has 0 radical (unpaired) electrons. The van der Waals surface area contributed by atoms with Crippen LogP contribution in [0.25, 0.3) is 11.5 Å². The van der Waals surface area contributed by atoms with Gasteiger partial charge in [0.1, 0.15) is 0 Å². The topological polar surface area (TPSA) is 520 Å². The molecule has 4 atom stereocenters. The van der Waals surface area contributed by atoms with Crippen LogP contribution in [0.15, 0.2) is 36.5 Å². The Morgan fingerprint density at radius 3 is 0.878 bits per heavy atom. The van der Waals surface area contributed by atoms with Gasteiger partial charge < -0.3 is 76.8 Å². The Bertz CT molecular complexity index is 2010. The molecule has 32 nitrogen and oxygen atoms in total. The zero-order valence-electron chi connectivity index (χ0n) is 43.9. The van der Waals surface area contributed by atoms with Crippen molar-refractivity contribution in [3.63, 3.8) is 0 Å². The number of imide groups is 4. The molecule has 6 aliphatic rings. The number of carbonyl (C=O) groups is 16. The van der Waals surface area contributed by atoms with Crippen molar-refractivity contribution in [3.8, 4) is 0 Å². The van der Waals surface area contributed by atoms with Gasteiger partial charge >= 0.3 is 90.1 Å². The molecule has 2 saturated carbocycles. The summed E-state index contributed by atoms with van der Waals surface area (Å²) in [7, 11) is 0. The summed E-state index contributed by atoms with van der Waals surface area (Å²) < 4.78 is 0. The molecule has 82 heavy (non-hydrogen) atoms. The number of rotatable bonds is 14. The minimum atomic E-state index is -1.82. The van der Waals surface area contributed by atoms with Crippen LogP contribution in [0.1, 0.15) is 89.9 Å². The van der Waals surface area contributed by atoms with Crippen molar-refractivity contribution in [1.82, 2.24) is 30.2 Å². The third kappa shape index (κ3) is 38.1. The molecule has 462 valence electrons. The van der Waals surface area contributed by atoms with E-state index in [9.17, 15) is 57.5 Å². The number of hydrogen-bond donors (Lipinski definition) is 10. The van der Waals surface area contributed by atoms with Gasteiger partial charge in [0.15, 0.2) is 0 Å². The van der Waals surface area contributed by atoms with E-state index < -0.39 is 59.8 Å². The molecular weight excluding hydrogens is 1460 g/mol. The van der Waals surface area contributed by atoms with Crippen LogP contribution in [-0.2, 0) is 109 Å². The summed E-state index contributed by atoms with van der Waals surface area (Å²) in [6.07, 6.45) is 15.3. The molecule has 0 bridgehead atoms.